The monoisotopic (exact) mass is 817 g/mol. The highest BCUT2D eigenvalue weighted by molar-refractivity contribution is 5.83. The molecule has 2 aromatic heterocycles. The first-order chi connectivity index (χ1) is 29.8. The summed E-state index contributed by atoms with van der Waals surface area (Å²) < 4.78 is 15.3. The molecule has 5 aromatic rings. The average molecular weight is 818 g/mol. The molecule has 0 radical (unpaired) electrons. The van der Waals surface area contributed by atoms with E-state index in [1.807, 2.05) is 48.8 Å². The molecule has 314 valence electrons. The SMILES string of the molecule is C=CCO[C@H](c1ccnc2ccccc12)[C@H]1C[C@@H]2CC[N@@+]1(Cc1cc(C[N@@+]34CC[C@@H](C[C@@H]3[C@H](OCC=C)c3ccnc5ccccc35)[C@@H](C=C)C4)cc([N+](=O)[O-])c1)C[C@@H]2C=C. The summed E-state index contributed by atoms with van der Waals surface area (Å²) in [5, 5.41) is 15.1. The number of aromatic nitrogens is 2. The standard InChI is InChI=1S/C52H59N5O4/c1-5-25-60-51(45-17-21-53-47-15-11-9-13-43(45)47)49-30-40-19-23-56(49,34-38(40)7-3)32-36-27-37(29-42(28-36)55(58)59)33-57-24-20-41(39(8-4)35-57)31-50(57)52(61-26-6-2)46-18-22-54-48-16-12-10-14-44(46)48/h5-18,21-22,27-29,38-41,49-52H,1-4,19-20,23-26,30-35H2/q+2/t38-,39-,40-,41-,49+,50+,51+,52+,56+,57+/m0/s1. The molecule has 4 bridgehead atoms. The first kappa shape index (κ1) is 41.1. The lowest BCUT2D eigenvalue weighted by Gasteiger charge is -2.59. The molecule has 3 aromatic carbocycles. The number of nitro groups is 1. The van der Waals surface area contributed by atoms with E-state index in [0.717, 1.165) is 105 Å². The molecule has 61 heavy (non-hydrogen) atoms. The van der Waals surface area contributed by atoms with Crippen LogP contribution in [0.4, 0.5) is 5.69 Å². The van der Waals surface area contributed by atoms with Crippen molar-refractivity contribution in [1.29, 1.82) is 0 Å². The maximum absolute atomic E-state index is 12.9. The lowest BCUT2D eigenvalue weighted by atomic mass is 9.70. The molecule has 6 saturated heterocycles. The molecule has 9 heteroatoms. The number of pyridine rings is 2. The van der Waals surface area contributed by atoms with Crippen molar-refractivity contribution in [2.75, 3.05) is 39.4 Å². The maximum atomic E-state index is 12.9. The van der Waals surface area contributed by atoms with Crippen LogP contribution >= 0.6 is 0 Å². The minimum atomic E-state index is -0.209. The molecular formula is C52H59N5O4+2. The molecule has 10 atom stereocenters. The lowest BCUT2D eigenvalue weighted by molar-refractivity contribution is -0.985. The summed E-state index contributed by atoms with van der Waals surface area (Å²) in [6.45, 7) is 22.6. The van der Waals surface area contributed by atoms with Crippen molar-refractivity contribution < 1.29 is 23.4 Å². The second kappa shape index (κ2) is 17.2. The average Bonchev–Trinajstić information content (AvgIpc) is 3.29. The van der Waals surface area contributed by atoms with Gasteiger partial charge in [0, 0.05) is 83.9 Å². The van der Waals surface area contributed by atoms with Crippen LogP contribution in [0.2, 0.25) is 0 Å². The van der Waals surface area contributed by atoms with Gasteiger partial charge < -0.3 is 18.4 Å². The van der Waals surface area contributed by atoms with E-state index in [4.69, 9.17) is 19.4 Å². The van der Waals surface area contributed by atoms with Crippen LogP contribution in [0, 0.1) is 33.8 Å². The molecular weight excluding hydrogens is 759 g/mol. The minimum absolute atomic E-state index is 0.127. The summed E-state index contributed by atoms with van der Waals surface area (Å²) in [5.41, 5.74) is 6.32. The molecule has 0 saturated carbocycles. The van der Waals surface area contributed by atoms with Gasteiger partial charge in [0.2, 0.25) is 0 Å². The number of fused-ring (bicyclic) bond motifs is 8. The Kier molecular flexibility index (Phi) is 11.6. The van der Waals surface area contributed by atoms with Gasteiger partial charge in [0.25, 0.3) is 5.69 Å². The van der Waals surface area contributed by atoms with Gasteiger partial charge in [0.05, 0.1) is 55.3 Å². The summed E-state index contributed by atoms with van der Waals surface area (Å²) in [5.74, 6) is 1.73. The zero-order valence-corrected chi connectivity index (χ0v) is 35.3. The van der Waals surface area contributed by atoms with Crippen LogP contribution in [0.3, 0.4) is 0 Å². The molecule has 0 aliphatic carbocycles. The van der Waals surface area contributed by atoms with Crippen LogP contribution in [0.1, 0.15) is 60.1 Å². The summed E-state index contributed by atoms with van der Waals surface area (Å²) in [7, 11) is 0. The number of piperidine rings is 6. The Balaban J connectivity index is 1.12. The minimum Gasteiger partial charge on any atom is -0.363 e. The van der Waals surface area contributed by atoms with Crippen LogP contribution in [-0.4, -0.2) is 75.3 Å². The molecule has 11 rings (SSSR count). The zero-order valence-electron chi connectivity index (χ0n) is 35.3. The van der Waals surface area contributed by atoms with E-state index in [0.29, 0.717) is 50.0 Å². The summed E-state index contributed by atoms with van der Waals surface area (Å²) in [4.78, 5) is 22.1. The van der Waals surface area contributed by atoms with Gasteiger partial charge in [0.1, 0.15) is 37.4 Å². The first-order valence-electron chi connectivity index (χ1n) is 22.1. The van der Waals surface area contributed by atoms with Crippen LogP contribution in [0.15, 0.2) is 142 Å². The number of non-ortho nitro benzene ring substituents is 1. The number of nitrogens with zero attached hydrogens (tertiary/aromatic N) is 5. The van der Waals surface area contributed by atoms with Gasteiger partial charge in [-0.3, -0.25) is 20.1 Å². The number of nitro benzene ring substituents is 1. The zero-order chi connectivity index (χ0) is 42.1. The number of quaternary nitrogens is 2. The number of para-hydroxylation sites is 2. The lowest BCUT2D eigenvalue weighted by Crippen LogP contribution is -2.68. The van der Waals surface area contributed by atoms with E-state index in [1.54, 1.807) is 0 Å². The normalized spacial score (nSPS) is 28.9. The van der Waals surface area contributed by atoms with Gasteiger partial charge in [-0.2, -0.15) is 0 Å². The van der Waals surface area contributed by atoms with E-state index >= 15 is 0 Å². The highest BCUT2D eigenvalue weighted by atomic mass is 16.6. The number of benzene rings is 3. The highest BCUT2D eigenvalue weighted by Crippen LogP contribution is 2.51. The van der Waals surface area contributed by atoms with Crippen molar-refractivity contribution in [3.8, 4) is 0 Å². The predicted molar refractivity (Wildman–Crippen MR) is 242 cm³/mol. The van der Waals surface area contributed by atoms with Crippen molar-refractivity contribution in [2.45, 2.75) is 63.1 Å². The largest absolute Gasteiger partial charge is 0.363 e. The van der Waals surface area contributed by atoms with E-state index in [2.05, 4.69) is 93.1 Å². The number of rotatable bonds is 17. The van der Waals surface area contributed by atoms with Crippen LogP contribution in [0.5, 0.6) is 0 Å². The third-order valence-corrected chi connectivity index (χ3v) is 15.1. The van der Waals surface area contributed by atoms with Crippen LogP contribution in [0.25, 0.3) is 21.8 Å². The first-order valence-corrected chi connectivity index (χ1v) is 22.1. The maximum Gasteiger partial charge on any atom is 0.270 e. The van der Waals surface area contributed by atoms with E-state index in [1.165, 1.54) is 0 Å². The van der Waals surface area contributed by atoms with Gasteiger partial charge >= 0.3 is 0 Å². The van der Waals surface area contributed by atoms with Gasteiger partial charge in [-0.15, -0.1) is 26.3 Å². The fourth-order valence-corrected chi connectivity index (χ4v) is 12.4. The molecule has 0 spiro atoms. The van der Waals surface area contributed by atoms with Crippen LogP contribution < -0.4 is 0 Å². The van der Waals surface area contributed by atoms with Crippen molar-refractivity contribution in [3.63, 3.8) is 0 Å². The third-order valence-electron chi connectivity index (χ3n) is 15.1. The smallest absolute Gasteiger partial charge is 0.270 e. The van der Waals surface area contributed by atoms with E-state index < -0.39 is 0 Å². The number of hydrogen-bond donors (Lipinski definition) is 0. The second-order valence-corrected chi connectivity index (χ2v) is 18.3. The van der Waals surface area contributed by atoms with Crippen molar-refractivity contribution in [2.24, 2.45) is 23.7 Å². The van der Waals surface area contributed by atoms with Gasteiger partial charge in [0.15, 0.2) is 0 Å². The van der Waals surface area contributed by atoms with Crippen molar-refractivity contribution in [3.05, 3.63) is 174 Å². The quantitative estimate of drug-likeness (QED) is 0.0402. The van der Waals surface area contributed by atoms with E-state index in [9.17, 15) is 10.1 Å². The van der Waals surface area contributed by atoms with E-state index in [-0.39, 0.29) is 34.9 Å². The fraction of sp³-hybridized carbons (Fsp3) is 0.385. The van der Waals surface area contributed by atoms with Gasteiger partial charge in [-0.25, -0.2) is 0 Å². The number of ether oxygens (including phenoxy) is 2. The van der Waals surface area contributed by atoms with Crippen molar-refractivity contribution in [1.82, 2.24) is 9.97 Å². The van der Waals surface area contributed by atoms with Gasteiger partial charge in [-0.05, 0) is 53.3 Å². The Hall–Kier alpha value is -5.32. The Morgan fingerprint density at radius 3 is 1.57 bits per heavy atom. The Morgan fingerprint density at radius 2 is 1.15 bits per heavy atom. The highest BCUT2D eigenvalue weighted by Gasteiger charge is 2.56. The van der Waals surface area contributed by atoms with Gasteiger partial charge in [-0.1, -0.05) is 60.7 Å². The van der Waals surface area contributed by atoms with Crippen LogP contribution in [-0.2, 0) is 22.6 Å². The molecule has 6 aliphatic rings. The Bertz CT molecular complexity index is 2300. The summed E-state index contributed by atoms with van der Waals surface area (Å²) in [6, 6.07) is 27.1. The molecule has 9 nitrogen and oxygen atoms in total. The summed E-state index contributed by atoms with van der Waals surface area (Å²) >= 11 is 0. The Morgan fingerprint density at radius 1 is 0.689 bits per heavy atom. The summed E-state index contributed by atoms with van der Waals surface area (Å²) in [6.07, 6.45) is 15.5. The third kappa shape index (κ3) is 7.67. The molecule has 0 unspecified atom stereocenters. The second-order valence-electron chi connectivity index (χ2n) is 18.3. The topological polar surface area (TPSA) is 87.4 Å². The van der Waals surface area contributed by atoms with Crippen molar-refractivity contribution >= 4 is 27.5 Å². The fourth-order valence-electron chi connectivity index (χ4n) is 12.4. The Labute approximate surface area is 360 Å². The molecule has 6 fully saturated rings. The molecule has 6 aliphatic heterocycles. The molecule has 8 heterocycles. The molecule has 0 amide bonds. The predicted octanol–water partition coefficient (Wildman–Crippen LogP) is 10.4. The number of hydrogen-bond acceptors (Lipinski definition) is 6. The molecule has 0 N–H and O–H groups in total.